The van der Waals surface area contributed by atoms with E-state index in [4.69, 9.17) is 5.73 Å². The number of rotatable bonds is 1. The topological polar surface area (TPSA) is 70.1 Å². The van der Waals surface area contributed by atoms with E-state index < -0.39 is 5.91 Å². The number of fused-ring (bicyclic) bond motifs is 1. The Bertz CT molecular complexity index is 409. The van der Waals surface area contributed by atoms with Crippen LogP contribution in [0.25, 0.3) is 5.57 Å². The largest absolute Gasteiger partial charge is 0.364 e. The van der Waals surface area contributed by atoms with Crippen molar-refractivity contribution < 1.29 is 4.79 Å². The molecule has 0 aromatic carbocycles. The Morgan fingerprint density at radius 2 is 2.31 bits per heavy atom. The molecule has 0 saturated heterocycles. The van der Waals surface area contributed by atoms with Gasteiger partial charge in [0, 0.05) is 18.0 Å². The summed E-state index contributed by atoms with van der Waals surface area (Å²) in [6.07, 6.45) is 3.27. The van der Waals surface area contributed by atoms with Crippen molar-refractivity contribution in [2.24, 2.45) is 5.73 Å². The molecule has 1 aromatic heterocycles. The molecule has 4 heteroatoms. The van der Waals surface area contributed by atoms with Gasteiger partial charge in [-0.1, -0.05) is 0 Å². The second-order valence-electron chi connectivity index (χ2n) is 2.86. The first kappa shape index (κ1) is 7.79. The average molecular weight is 174 g/mol. The fourth-order valence-corrected chi connectivity index (χ4v) is 1.31. The average Bonchev–Trinajstić information content (AvgIpc) is 2.48. The Labute approximate surface area is 75.5 Å². The molecular weight excluding hydrogens is 166 g/mol. The lowest BCUT2D eigenvalue weighted by atomic mass is 10.1. The van der Waals surface area contributed by atoms with Crippen molar-refractivity contribution in [2.45, 2.75) is 6.92 Å². The number of aromatic nitrogens is 1. The Balaban J connectivity index is 2.61. The van der Waals surface area contributed by atoms with Gasteiger partial charge >= 0.3 is 0 Å². The molecule has 1 aliphatic rings. The Hall–Kier alpha value is -1.84. The Morgan fingerprint density at radius 1 is 1.54 bits per heavy atom. The van der Waals surface area contributed by atoms with Crippen LogP contribution in [-0.2, 0) is 0 Å². The van der Waals surface area contributed by atoms with Crippen molar-refractivity contribution in [3.05, 3.63) is 29.7 Å². The summed E-state index contributed by atoms with van der Waals surface area (Å²) in [5.74, 6) is -0.538. The van der Waals surface area contributed by atoms with Crippen molar-refractivity contribution in [1.82, 2.24) is 10.3 Å². The SMILES string of the molecule is CC1=C[N]c2c1ccnc2C(N)=O. The van der Waals surface area contributed by atoms with Crippen LogP contribution >= 0.6 is 0 Å². The molecule has 0 aliphatic carbocycles. The highest BCUT2D eigenvalue weighted by Gasteiger charge is 2.19. The number of primary amides is 1. The van der Waals surface area contributed by atoms with Crippen LogP contribution in [0.15, 0.2) is 18.5 Å². The summed E-state index contributed by atoms with van der Waals surface area (Å²) in [7, 11) is 0. The van der Waals surface area contributed by atoms with Gasteiger partial charge in [-0.05, 0) is 18.6 Å². The van der Waals surface area contributed by atoms with Crippen molar-refractivity contribution in [1.29, 1.82) is 0 Å². The lowest BCUT2D eigenvalue weighted by molar-refractivity contribution is 0.0996. The zero-order valence-corrected chi connectivity index (χ0v) is 7.11. The predicted octanol–water partition coefficient (Wildman–Crippen LogP) is 0.791. The molecule has 0 fully saturated rings. The van der Waals surface area contributed by atoms with Crippen LogP contribution in [0.4, 0.5) is 5.69 Å². The van der Waals surface area contributed by atoms with E-state index in [0.717, 1.165) is 11.1 Å². The van der Waals surface area contributed by atoms with Crippen LogP contribution in [-0.4, -0.2) is 10.9 Å². The van der Waals surface area contributed by atoms with Crippen LogP contribution in [0.5, 0.6) is 0 Å². The van der Waals surface area contributed by atoms with E-state index >= 15 is 0 Å². The number of carbonyl (C=O) groups is 1. The summed E-state index contributed by atoms with van der Waals surface area (Å²) in [6, 6.07) is 1.82. The number of pyridine rings is 1. The van der Waals surface area contributed by atoms with E-state index in [-0.39, 0.29) is 5.69 Å². The normalized spacial score (nSPS) is 13.2. The first-order chi connectivity index (χ1) is 6.20. The smallest absolute Gasteiger partial charge is 0.269 e. The standard InChI is InChI=1S/C9H8N3O/c1-5-4-12-7-6(5)2-3-11-8(7)9(10)13/h2-4H,1H3,(H2,10,13). The highest BCUT2D eigenvalue weighted by Crippen LogP contribution is 2.30. The summed E-state index contributed by atoms with van der Waals surface area (Å²) >= 11 is 0. The van der Waals surface area contributed by atoms with Gasteiger partial charge in [0.2, 0.25) is 0 Å². The van der Waals surface area contributed by atoms with Crippen molar-refractivity contribution >= 4 is 17.2 Å². The minimum Gasteiger partial charge on any atom is -0.364 e. The zero-order valence-electron chi connectivity index (χ0n) is 7.11. The molecular formula is C9H8N3O. The van der Waals surface area contributed by atoms with E-state index in [0.29, 0.717) is 5.69 Å². The van der Waals surface area contributed by atoms with E-state index in [2.05, 4.69) is 10.3 Å². The molecule has 0 saturated carbocycles. The van der Waals surface area contributed by atoms with Crippen LogP contribution in [0.1, 0.15) is 23.0 Å². The van der Waals surface area contributed by atoms with Crippen LogP contribution in [0, 0.1) is 0 Å². The fraction of sp³-hybridized carbons (Fsp3) is 0.111. The summed E-state index contributed by atoms with van der Waals surface area (Å²) in [5.41, 5.74) is 7.94. The molecule has 1 amide bonds. The molecule has 2 heterocycles. The number of allylic oxidation sites excluding steroid dienone is 1. The molecule has 1 radical (unpaired) electrons. The zero-order chi connectivity index (χ0) is 9.42. The third kappa shape index (κ3) is 1.07. The molecule has 65 valence electrons. The van der Waals surface area contributed by atoms with Gasteiger partial charge in [-0.25, -0.2) is 4.98 Å². The third-order valence-corrected chi connectivity index (χ3v) is 1.97. The molecule has 2 rings (SSSR count). The minimum absolute atomic E-state index is 0.241. The first-order valence-electron chi connectivity index (χ1n) is 3.87. The van der Waals surface area contributed by atoms with Gasteiger partial charge < -0.3 is 5.73 Å². The third-order valence-electron chi connectivity index (χ3n) is 1.97. The van der Waals surface area contributed by atoms with Gasteiger partial charge in [0.1, 0.15) is 5.69 Å². The highest BCUT2D eigenvalue weighted by molar-refractivity contribution is 5.99. The van der Waals surface area contributed by atoms with Gasteiger partial charge in [-0.15, -0.1) is 0 Å². The summed E-state index contributed by atoms with van der Waals surface area (Å²) in [4.78, 5) is 14.8. The molecule has 2 N–H and O–H groups in total. The number of hydrogen-bond acceptors (Lipinski definition) is 2. The second-order valence-corrected chi connectivity index (χ2v) is 2.86. The maximum Gasteiger partial charge on any atom is 0.269 e. The van der Waals surface area contributed by atoms with Crippen molar-refractivity contribution in [3.63, 3.8) is 0 Å². The summed E-state index contributed by atoms with van der Waals surface area (Å²) in [6.45, 7) is 1.93. The second kappa shape index (κ2) is 2.58. The van der Waals surface area contributed by atoms with E-state index in [1.807, 2.05) is 13.0 Å². The van der Waals surface area contributed by atoms with E-state index in [1.54, 1.807) is 12.4 Å². The molecule has 0 atom stereocenters. The minimum atomic E-state index is -0.538. The maximum atomic E-state index is 10.9. The summed E-state index contributed by atoms with van der Waals surface area (Å²) < 4.78 is 0. The summed E-state index contributed by atoms with van der Waals surface area (Å²) in [5, 5.41) is 4.08. The molecule has 0 bridgehead atoms. The fourth-order valence-electron chi connectivity index (χ4n) is 1.31. The maximum absolute atomic E-state index is 10.9. The van der Waals surface area contributed by atoms with E-state index in [9.17, 15) is 4.79 Å². The Kier molecular flexibility index (Phi) is 1.55. The lowest BCUT2D eigenvalue weighted by Crippen LogP contribution is -2.14. The molecule has 0 unspecified atom stereocenters. The molecule has 4 nitrogen and oxygen atoms in total. The van der Waals surface area contributed by atoms with Crippen molar-refractivity contribution in [3.8, 4) is 0 Å². The Morgan fingerprint density at radius 3 is 3.00 bits per heavy atom. The highest BCUT2D eigenvalue weighted by atomic mass is 16.1. The number of nitrogens with zero attached hydrogens (tertiary/aromatic N) is 2. The van der Waals surface area contributed by atoms with Crippen molar-refractivity contribution in [2.75, 3.05) is 0 Å². The van der Waals surface area contributed by atoms with Gasteiger partial charge in [-0.3, -0.25) is 10.1 Å². The van der Waals surface area contributed by atoms with Crippen LogP contribution < -0.4 is 11.1 Å². The van der Waals surface area contributed by atoms with E-state index in [1.165, 1.54) is 0 Å². The van der Waals surface area contributed by atoms with Crippen LogP contribution in [0.2, 0.25) is 0 Å². The lowest BCUT2D eigenvalue weighted by Gasteiger charge is -2.02. The number of amides is 1. The number of nitrogens with two attached hydrogens (primary N) is 1. The van der Waals surface area contributed by atoms with Gasteiger partial charge in [0.05, 0.1) is 0 Å². The molecule has 13 heavy (non-hydrogen) atoms. The monoisotopic (exact) mass is 174 g/mol. The molecule has 1 aromatic rings. The van der Waals surface area contributed by atoms with Crippen LogP contribution in [0.3, 0.4) is 0 Å². The quantitative estimate of drug-likeness (QED) is 0.683. The number of carbonyl (C=O) groups excluding carboxylic acids is 1. The molecule has 1 aliphatic heterocycles. The predicted molar refractivity (Wildman–Crippen MR) is 48.2 cm³/mol. The van der Waals surface area contributed by atoms with Gasteiger partial charge in [0.25, 0.3) is 5.91 Å². The molecule has 0 spiro atoms. The van der Waals surface area contributed by atoms with Gasteiger partial charge in [0.15, 0.2) is 5.69 Å². The first-order valence-corrected chi connectivity index (χ1v) is 3.87. The van der Waals surface area contributed by atoms with Gasteiger partial charge in [-0.2, -0.15) is 0 Å². The number of hydrogen-bond donors (Lipinski definition) is 1.